The summed E-state index contributed by atoms with van der Waals surface area (Å²) in [5.74, 6) is -0.558. The molecule has 3 aromatic carbocycles. The second-order valence-corrected chi connectivity index (χ2v) is 9.02. The van der Waals surface area contributed by atoms with Crippen molar-refractivity contribution in [2.75, 3.05) is 10.0 Å². The van der Waals surface area contributed by atoms with Gasteiger partial charge in [0.15, 0.2) is 0 Å². The lowest BCUT2D eigenvalue weighted by molar-refractivity contribution is 0.102. The predicted molar refractivity (Wildman–Crippen MR) is 118 cm³/mol. The number of rotatable bonds is 5. The highest BCUT2D eigenvalue weighted by molar-refractivity contribution is 7.92. The van der Waals surface area contributed by atoms with E-state index in [9.17, 15) is 13.2 Å². The summed E-state index contributed by atoms with van der Waals surface area (Å²) in [6.07, 6.45) is 0. The molecule has 1 amide bonds. The molecule has 0 saturated heterocycles. The average molecular weight is 470 g/mol. The Kier molecular flexibility index (Phi) is 6.39. The molecular weight excluding hydrogens is 455 g/mol. The van der Waals surface area contributed by atoms with Crippen molar-refractivity contribution in [1.29, 1.82) is 0 Å². The monoisotopic (exact) mass is 468 g/mol. The first-order valence-corrected chi connectivity index (χ1v) is 10.9. The topological polar surface area (TPSA) is 75.3 Å². The molecule has 3 aromatic rings. The Morgan fingerprint density at radius 2 is 1.59 bits per heavy atom. The van der Waals surface area contributed by atoms with Crippen molar-refractivity contribution >= 4 is 62.1 Å². The number of carbonyl (C=O) groups excluding carboxylic acids is 1. The molecule has 5 nitrogen and oxygen atoms in total. The summed E-state index contributed by atoms with van der Waals surface area (Å²) in [4.78, 5) is 12.4. The van der Waals surface area contributed by atoms with Gasteiger partial charge in [-0.25, -0.2) is 8.42 Å². The number of amides is 1. The largest absolute Gasteiger partial charge is 0.321 e. The third-order valence-electron chi connectivity index (χ3n) is 3.99. The Bertz CT molecular complexity index is 1180. The molecular formula is C20H15Cl3N2O3S. The second-order valence-electron chi connectivity index (χ2n) is 6.17. The number of anilines is 2. The third-order valence-corrected chi connectivity index (χ3v) is 6.67. The molecule has 0 spiro atoms. The SMILES string of the molecule is Cc1ccc(NS(=O)(=O)c2cc(C(=O)Nc3cccc(Cl)c3Cl)ccc2Cl)cc1. The van der Waals surface area contributed by atoms with Gasteiger partial charge in [-0.1, -0.05) is 58.6 Å². The normalized spacial score (nSPS) is 11.2. The van der Waals surface area contributed by atoms with Crippen molar-refractivity contribution in [3.05, 3.63) is 86.9 Å². The minimum absolute atomic E-state index is 0.0121. The highest BCUT2D eigenvalue weighted by Crippen LogP contribution is 2.30. The van der Waals surface area contributed by atoms with E-state index in [1.54, 1.807) is 42.5 Å². The molecule has 0 aliphatic heterocycles. The predicted octanol–water partition coefficient (Wildman–Crippen LogP) is 6.01. The van der Waals surface area contributed by atoms with Crippen molar-refractivity contribution in [2.24, 2.45) is 0 Å². The van der Waals surface area contributed by atoms with Gasteiger partial charge in [0, 0.05) is 11.3 Å². The Labute approximate surface area is 183 Å². The minimum Gasteiger partial charge on any atom is -0.321 e. The molecule has 3 rings (SSSR count). The van der Waals surface area contributed by atoms with Gasteiger partial charge in [-0.15, -0.1) is 0 Å². The van der Waals surface area contributed by atoms with E-state index in [1.165, 1.54) is 18.2 Å². The first kappa shape index (κ1) is 21.5. The molecule has 0 aliphatic rings. The van der Waals surface area contributed by atoms with Crippen LogP contribution in [0.4, 0.5) is 11.4 Å². The molecule has 0 heterocycles. The maximum atomic E-state index is 12.8. The zero-order chi connectivity index (χ0) is 21.2. The summed E-state index contributed by atoms with van der Waals surface area (Å²) in [6.45, 7) is 1.89. The molecule has 0 unspecified atom stereocenters. The zero-order valence-corrected chi connectivity index (χ0v) is 18.1. The summed E-state index contributed by atoms with van der Waals surface area (Å²) in [5, 5.41) is 3.06. The molecule has 0 aromatic heterocycles. The van der Waals surface area contributed by atoms with Crippen molar-refractivity contribution in [3.63, 3.8) is 0 Å². The summed E-state index contributed by atoms with van der Waals surface area (Å²) in [5.41, 5.74) is 1.77. The van der Waals surface area contributed by atoms with E-state index < -0.39 is 15.9 Å². The molecule has 0 saturated carbocycles. The van der Waals surface area contributed by atoms with Gasteiger partial charge < -0.3 is 5.32 Å². The molecule has 9 heteroatoms. The maximum Gasteiger partial charge on any atom is 0.263 e. The molecule has 29 heavy (non-hydrogen) atoms. The number of benzene rings is 3. The molecule has 0 radical (unpaired) electrons. The van der Waals surface area contributed by atoms with Crippen LogP contribution in [0.2, 0.25) is 15.1 Å². The van der Waals surface area contributed by atoms with Crippen molar-refractivity contribution in [1.82, 2.24) is 0 Å². The van der Waals surface area contributed by atoms with Gasteiger partial charge in [0.1, 0.15) is 4.90 Å². The van der Waals surface area contributed by atoms with Gasteiger partial charge in [-0.05, 0) is 49.4 Å². The van der Waals surface area contributed by atoms with E-state index in [2.05, 4.69) is 10.0 Å². The summed E-state index contributed by atoms with van der Waals surface area (Å²) in [6, 6.07) is 15.6. The van der Waals surface area contributed by atoms with Crippen LogP contribution in [0.15, 0.2) is 65.6 Å². The molecule has 0 bridgehead atoms. The van der Waals surface area contributed by atoms with Crippen molar-refractivity contribution < 1.29 is 13.2 Å². The van der Waals surface area contributed by atoms with E-state index >= 15 is 0 Å². The van der Waals surface area contributed by atoms with Crippen LogP contribution in [0.5, 0.6) is 0 Å². The standard InChI is InChI=1S/C20H15Cl3N2O3S/c1-12-5-8-14(9-6-12)25-29(27,28)18-11-13(7-10-15(18)21)20(26)24-17-4-2-3-16(22)19(17)23/h2-11,25H,1H3,(H,24,26). The highest BCUT2D eigenvalue weighted by Gasteiger charge is 2.21. The van der Waals surface area contributed by atoms with Crippen LogP contribution in [0, 0.1) is 6.92 Å². The van der Waals surface area contributed by atoms with E-state index in [0.717, 1.165) is 5.56 Å². The summed E-state index contributed by atoms with van der Waals surface area (Å²) >= 11 is 18.1. The zero-order valence-electron chi connectivity index (χ0n) is 15.0. The number of carbonyl (C=O) groups is 1. The van der Waals surface area contributed by atoms with Gasteiger partial charge in [0.25, 0.3) is 15.9 Å². The number of hydrogen-bond donors (Lipinski definition) is 2. The van der Waals surface area contributed by atoms with Gasteiger partial charge in [-0.3, -0.25) is 9.52 Å². The van der Waals surface area contributed by atoms with Crippen LogP contribution in [0.3, 0.4) is 0 Å². The first-order valence-electron chi connectivity index (χ1n) is 8.32. The van der Waals surface area contributed by atoms with Crippen LogP contribution >= 0.6 is 34.8 Å². The summed E-state index contributed by atoms with van der Waals surface area (Å²) < 4.78 is 28.0. The average Bonchev–Trinajstić information content (AvgIpc) is 2.67. The molecule has 0 fully saturated rings. The Morgan fingerprint density at radius 3 is 2.28 bits per heavy atom. The Hall–Kier alpha value is -2.25. The molecule has 0 atom stereocenters. The van der Waals surface area contributed by atoms with Gasteiger partial charge in [0.2, 0.25) is 0 Å². The number of halogens is 3. The van der Waals surface area contributed by atoms with Crippen molar-refractivity contribution in [3.8, 4) is 0 Å². The van der Waals surface area contributed by atoms with Crippen LogP contribution in [-0.2, 0) is 10.0 Å². The quantitative estimate of drug-likeness (QED) is 0.480. The summed E-state index contributed by atoms with van der Waals surface area (Å²) in [7, 11) is -4.01. The first-order chi connectivity index (χ1) is 13.7. The maximum absolute atomic E-state index is 12.8. The fourth-order valence-electron chi connectivity index (χ4n) is 2.48. The van der Waals surface area contributed by atoms with Crippen LogP contribution in [-0.4, -0.2) is 14.3 Å². The Balaban J connectivity index is 1.89. The van der Waals surface area contributed by atoms with Crippen LogP contribution in [0.1, 0.15) is 15.9 Å². The Morgan fingerprint density at radius 1 is 0.897 bits per heavy atom. The van der Waals surface area contributed by atoms with Crippen LogP contribution < -0.4 is 10.0 Å². The van der Waals surface area contributed by atoms with E-state index in [0.29, 0.717) is 11.4 Å². The lowest BCUT2D eigenvalue weighted by atomic mass is 10.2. The lowest BCUT2D eigenvalue weighted by Crippen LogP contribution is -2.16. The van der Waals surface area contributed by atoms with Gasteiger partial charge in [-0.2, -0.15) is 0 Å². The van der Waals surface area contributed by atoms with Crippen LogP contribution in [0.25, 0.3) is 0 Å². The second kappa shape index (κ2) is 8.63. The van der Waals surface area contributed by atoms with Crippen molar-refractivity contribution in [2.45, 2.75) is 11.8 Å². The fourth-order valence-corrected chi connectivity index (χ4v) is 4.41. The van der Waals surface area contributed by atoms with Gasteiger partial charge in [0.05, 0.1) is 20.8 Å². The smallest absolute Gasteiger partial charge is 0.263 e. The van der Waals surface area contributed by atoms with Gasteiger partial charge >= 0.3 is 0 Å². The number of nitrogens with one attached hydrogen (secondary N) is 2. The minimum atomic E-state index is -4.01. The lowest BCUT2D eigenvalue weighted by Gasteiger charge is -2.12. The van der Waals surface area contributed by atoms with E-state index in [4.69, 9.17) is 34.8 Å². The molecule has 2 N–H and O–H groups in total. The fraction of sp³-hybridized carbons (Fsp3) is 0.0500. The number of aryl methyl sites for hydroxylation is 1. The molecule has 0 aliphatic carbocycles. The third kappa shape index (κ3) is 5.03. The highest BCUT2D eigenvalue weighted by atomic mass is 35.5. The number of sulfonamides is 1. The van der Waals surface area contributed by atoms with E-state index in [-0.39, 0.29) is 25.5 Å². The number of hydrogen-bond acceptors (Lipinski definition) is 3. The van der Waals surface area contributed by atoms with E-state index in [1.807, 2.05) is 6.92 Å². The molecule has 150 valence electrons.